The summed E-state index contributed by atoms with van der Waals surface area (Å²) in [7, 11) is 0. The van der Waals surface area contributed by atoms with Gasteiger partial charge in [0.25, 0.3) is 0 Å². The van der Waals surface area contributed by atoms with Crippen molar-refractivity contribution in [3.63, 3.8) is 0 Å². The molecule has 1 fully saturated rings. The fraction of sp³-hybridized carbons (Fsp3) is 1.00. The van der Waals surface area contributed by atoms with Crippen molar-refractivity contribution >= 4 is 11.8 Å². The van der Waals surface area contributed by atoms with Gasteiger partial charge in [-0.05, 0) is 36.3 Å². The molecule has 14 heavy (non-hydrogen) atoms. The zero-order chi connectivity index (χ0) is 10.8. The Morgan fingerprint density at radius 2 is 1.93 bits per heavy atom. The van der Waals surface area contributed by atoms with Crippen LogP contribution in [0.3, 0.4) is 0 Å². The highest BCUT2D eigenvalue weighted by Gasteiger charge is 2.38. The van der Waals surface area contributed by atoms with Crippen LogP contribution in [0.5, 0.6) is 0 Å². The van der Waals surface area contributed by atoms with Gasteiger partial charge in [0, 0.05) is 5.75 Å². The third kappa shape index (κ3) is 3.82. The molecule has 0 spiro atoms. The molecule has 0 aromatic heterocycles. The van der Waals surface area contributed by atoms with Crippen LogP contribution in [0.2, 0.25) is 0 Å². The minimum Gasteiger partial charge on any atom is -0.389 e. The Hall–Kier alpha value is 0.310. The van der Waals surface area contributed by atoms with Crippen molar-refractivity contribution in [1.82, 2.24) is 0 Å². The Kier molecular flexibility index (Phi) is 3.93. The van der Waals surface area contributed by atoms with E-state index in [0.29, 0.717) is 11.3 Å². The van der Waals surface area contributed by atoms with Crippen LogP contribution < -0.4 is 0 Å². The first-order chi connectivity index (χ1) is 6.33. The van der Waals surface area contributed by atoms with Crippen LogP contribution in [-0.4, -0.2) is 22.2 Å². The van der Waals surface area contributed by atoms with Crippen LogP contribution in [0.25, 0.3) is 0 Å². The van der Waals surface area contributed by atoms with Crippen molar-refractivity contribution in [1.29, 1.82) is 0 Å². The molecule has 0 saturated carbocycles. The van der Waals surface area contributed by atoms with Gasteiger partial charge in [0.2, 0.25) is 0 Å². The van der Waals surface area contributed by atoms with Crippen LogP contribution in [0, 0.1) is 11.3 Å². The third-order valence-electron chi connectivity index (χ3n) is 2.86. The Morgan fingerprint density at radius 1 is 1.29 bits per heavy atom. The molecular weight excluding hydrogens is 192 g/mol. The number of aliphatic hydroxyl groups is 1. The van der Waals surface area contributed by atoms with Crippen LogP contribution >= 0.6 is 11.8 Å². The number of rotatable bonds is 3. The highest BCUT2D eigenvalue weighted by molar-refractivity contribution is 7.99. The molecule has 0 aromatic carbocycles. The van der Waals surface area contributed by atoms with E-state index >= 15 is 0 Å². The number of thioether (sulfide) groups is 1. The summed E-state index contributed by atoms with van der Waals surface area (Å²) in [5.41, 5.74) is -0.0780. The SMILES string of the molecule is CC(C)CCC1(O)CSCC(C)(C)C1. The first kappa shape index (κ1) is 12.4. The molecule has 0 amide bonds. The number of hydrogen-bond acceptors (Lipinski definition) is 2. The average Bonchev–Trinajstić information content (AvgIpc) is 1.98. The van der Waals surface area contributed by atoms with E-state index in [1.165, 1.54) is 5.75 Å². The van der Waals surface area contributed by atoms with Gasteiger partial charge in [-0.3, -0.25) is 0 Å². The molecule has 84 valence electrons. The standard InChI is InChI=1S/C12H24OS/c1-10(2)5-6-12(13)7-11(3,4)8-14-9-12/h10,13H,5-9H2,1-4H3. The molecule has 0 aliphatic carbocycles. The average molecular weight is 216 g/mol. The minimum absolute atomic E-state index is 0.314. The molecule has 1 atom stereocenters. The molecule has 1 saturated heterocycles. The van der Waals surface area contributed by atoms with E-state index in [-0.39, 0.29) is 0 Å². The minimum atomic E-state index is -0.392. The molecule has 1 unspecified atom stereocenters. The molecule has 1 aliphatic rings. The summed E-state index contributed by atoms with van der Waals surface area (Å²) < 4.78 is 0. The largest absolute Gasteiger partial charge is 0.389 e. The van der Waals surface area contributed by atoms with Crippen molar-refractivity contribution < 1.29 is 5.11 Å². The lowest BCUT2D eigenvalue weighted by molar-refractivity contribution is 0.00762. The summed E-state index contributed by atoms with van der Waals surface area (Å²) in [4.78, 5) is 0. The van der Waals surface area contributed by atoms with E-state index in [2.05, 4.69) is 27.7 Å². The Labute approximate surface area is 92.7 Å². The second-order valence-electron chi connectivity index (χ2n) is 5.99. The fourth-order valence-electron chi connectivity index (χ4n) is 2.23. The van der Waals surface area contributed by atoms with Crippen LogP contribution in [0.4, 0.5) is 0 Å². The van der Waals surface area contributed by atoms with E-state index in [1.54, 1.807) is 0 Å². The first-order valence-electron chi connectivity index (χ1n) is 5.63. The van der Waals surface area contributed by atoms with Crippen LogP contribution in [-0.2, 0) is 0 Å². The molecule has 1 N–H and O–H groups in total. The van der Waals surface area contributed by atoms with Gasteiger partial charge >= 0.3 is 0 Å². The maximum absolute atomic E-state index is 10.4. The van der Waals surface area contributed by atoms with E-state index < -0.39 is 5.60 Å². The topological polar surface area (TPSA) is 20.2 Å². The maximum Gasteiger partial charge on any atom is 0.0743 e. The molecule has 1 nitrogen and oxygen atoms in total. The Balaban J connectivity index is 2.47. The van der Waals surface area contributed by atoms with Gasteiger partial charge in [0.05, 0.1) is 5.60 Å². The highest BCUT2D eigenvalue weighted by Crippen LogP contribution is 2.41. The number of hydrogen-bond donors (Lipinski definition) is 1. The van der Waals surface area contributed by atoms with Crippen molar-refractivity contribution in [3.8, 4) is 0 Å². The normalized spacial score (nSPS) is 32.1. The summed E-state index contributed by atoms with van der Waals surface area (Å²) in [6.07, 6.45) is 3.09. The maximum atomic E-state index is 10.4. The quantitative estimate of drug-likeness (QED) is 0.781. The van der Waals surface area contributed by atoms with E-state index in [1.807, 2.05) is 11.8 Å². The zero-order valence-corrected chi connectivity index (χ0v) is 10.8. The molecule has 1 heterocycles. The van der Waals surface area contributed by atoms with E-state index in [4.69, 9.17) is 0 Å². The smallest absolute Gasteiger partial charge is 0.0743 e. The monoisotopic (exact) mass is 216 g/mol. The van der Waals surface area contributed by atoms with Crippen LogP contribution in [0.15, 0.2) is 0 Å². The molecule has 0 radical (unpaired) electrons. The van der Waals surface area contributed by atoms with Crippen LogP contribution in [0.1, 0.15) is 47.0 Å². The molecule has 0 bridgehead atoms. The van der Waals surface area contributed by atoms with Crippen molar-refractivity contribution in [2.24, 2.45) is 11.3 Å². The third-order valence-corrected chi connectivity index (χ3v) is 4.59. The van der Waals surface area contributed by atoms with Crippen molar-refractivity contribution in [3.05, 3.63) is 0 Å². The van der Waals surface area contributed by atoms with Crippen molar-refractivity contribution in [2.45, 2.75) is 52.6 Å². The lowest BCUT2D eigenvalue weighted by atomic mass is 9.79. The van der Waals surface area contributed by atoms with Gasteiger partial charge in [-0.25, -0.2) is 0 Å². The predicted molar refractivity (Wildman–Crippen MR) is 64.7 cm³/mol. The van der Waals surface area contributed by atoms with Gasteiger partial charge < -0.3 is 5.11 Å². The lowest BCUT2D eigenvalue weighted by Gasteiger charge is -2.41. The lowest BCUT2D eigenvalue weighted by Crippen LogP contribution is -2.42. The fourth-order valence-corrected chi connectivity index (χ4v) is 3.61. The Morgan fingerprint density at radius 3 is 2.43 bits per heavy atom. The Bertz CT molecular complexity index is 189. The zero-order valence-electron chi connectivity index (χ0n) is 9.97. The summed E-state index contributed by atoms with van der Waals surface area (Å²) in [5.74, 6) is 2.83. The first-order valence-corrected chi connectivity index (χ1v) is 6.79. The van der Waals surface area contributed by atoms with Gasteiger partial charge in [0.15, 0.2) is 0 Å². The van der Waals surface area contributed by atoms with E-state index in [0.717, 1.165) is 25.0 Å². The summed E-state index contributed by atoms with van der Waals surface area (Å²) in [6.45, 7) is 8.98. The summed E-state index contributed by atoms with van der Waals surface area (Å²) >= 11 is 1.91. The highest BCUT2D eigenvalue weighted by atomic mass is 32.2. The molecule has 2 heteroatoms. The second-order valence-corrected chi connectivity index (χ2v) is 6.98. The molecule has 1 aliphatic heterocycles. The van der Waals surface area contributed by atoms with Crippen molar-refractivity contribution in [2.75, 3.05) is 11.5 Å². The summed E-state index contributed by atoms with van der Waals surface area (Å²) in [5, 5.41) is 10.4. The second kappa shape index (κ2) is 4.44. The molecular formula is C12H24OS. The van der Waals surface area contributed by atoms with Gasteiger partial charge in [-0.15, -0.1) is 0 Å². The predicted octanol–water partition coefficient (Wildman–Crippen LogP) is 3.32. The van der Waals surface area contributed by atoms with Gasteiger partial charge in [-0.2, -0.15) is 11.8 Å². The summed E-state index contributed by atoms with van der Waals surface area (Å²) in [6, 6.07) is 0. The van der Waals surface area contributed by atoms with E-state index in [9.17, 15) is 5.11 Å². The van der Waals surface area contributed by atoms with Gasteiger partial charge in [0.1, 0.15) is 0 Å². The molecule has 1 rings (SSSR count). The van der Waals surface area contributed by atoms with Gasteiger partial charge in [-0.1, -0.05) is 27.7 Å². The molecule has 0 aromatic rings.